The van der Waals surface area contributed by atoms with Gasteiger partial charge in [0.2, 0.25) is 15.9 Å². The maximum Gasteiger partial charge on any atom is 0.239 e. The van der Waals surface area contributed by atoms with Crippen molar-refractivity contribution in [3.05, 3.63) is 65.2 Å². The number of carbonyl (C=O) groups excluding carboxylic acids is 1. The lowest BCUT2D eigenvalue weighted by Gasteiger charge is -2.21. The van der Waals surface area contributed by atoms with E-state index in [1.807, 2.05) is 62.4 Å². The Hall–Kier alpha value is -2.18. The summed E-state index contributed by atoms with van der Waals surface area (Å²) in [5.74, 6) is -0.316. The number of amides is 1. The van der Waals surface area contributed by atoms with E-state index in [1.165, 1.54) is 4.31 Å². The third kappa shape index (κ3) is 6.19. The molecular weight excluding hydrogens is 360 g/mol. The molecule has 1 N–H and O–H groups in total. The van der Waals surface area contributed by atoms with Crippen LogP contribution in [0.2, 0.25) is 0 Å². The number of benzene rings is 2. The monoisotopic (exact) mass is 388 g/mol. The molecule has 0 aliphatic carbocycles. The van der Waals surface area contributed by atoms with Gasteiger partial charge in [-0.05, 0) is 36.0 Å². The molecule has 27 heavy (non-hydrogen) atoms. The number of carbonyl (C=O) groups is 1. The first-order valence-electron chi connectivity index (χ1n) is 9.24. The van der Waals surface area contributed by atoms with Crippen molar-refractivity contribution in [3.63, 3.8) is 0 Å². The van der Waals surface area contributed by atoms with E-state index in [4.69, 9.17) is 0 Å². The van der Waals surface area contributed by atoms with E-state index in [0.717, 1.165) is 41.5 Å². The van der Waals surface area contributed by atoms with E-state index in [1.54, 1.807) is 0 Å². The van der Waals surface area contributed by atoms with Gasteiger partial charge in [-0.3, -0.25) is 4.79 Å². The molecule has 6 heteroatoms. The van der Waals surface area contributed by atoms with Crippen molar-refractivity contribution in [3.8, 4) is 0 Å². The van der Waals surface area contributed by atoms with E-state index in [0.29, 0.717) is 6.42 Å². The fraction of sp³-hybridized carbons (Fsp3) is 0.381. The Kier molecular flexibility index (Phi) is 7.56. The fourth-order valence-electron chi connectivity index (χ4n) is 3.00. The van der Waals surface area contributed by atoms with Gasteiger partial charge in [-0.1, -0.05) is 62.4 Å². The normalized spacial score (nSPS) is 11.6. The third-order valence-corrected chi connectivity index (χ3v) is 5.79. The van der Waals surface area contributed by atoms with Gasteiger partial charge in [0.05, 0.1) is 12.8 Å². The topological polar surface area (TPSA) is 66.5 Å². The van der Waals surface area contributed by atoms with Crippen LogP contribution in [0.4, 0.5) is 5.69 Å². The van der Waals surface area contributed by atoms with Gasteiger partial charge in [-0.2, -0.15) is 4.31 Å². The van der Waals surface area contributed by atoms with E-state index >= 15 is 0 Å². The van der Waals surface area contributed by atoms with Gasteiger partial charge in [-0.25, -0.2) is 8.42 Å². The molecule has 5 nitrogen and oxygen atoms in total. The number of nitrogens with one attached hydrogen (secondary N) is 1. The van der Waals surface area contributed by atoms with Crippen molar-refractivity contribution in [1.29, 1.82) is 0 Å². The zero-order valence-corrected chi connectivity index (χ0v) is 17.1. The molecule has 0 unspecified atom stereocenters. The van der Waals surface area contributed by atoms with Crippen LogP contribution < -0.4 is 5.32 Å². The highest BCUT2D eigenvalue weighted by molar-refractivity contribution is 7.88. The highest BCUT2D eigenvalue weighted by Crippen LogP contribution is 2.22. The Morgan fingerprint density at radius 2 is 1.56 bits per heavy atom. The molecule has 0 saturated carbocycles. The number of aryl methyl sites for hydroxylation is 2. The predicted molar refractivity (Wildman–Crippen MR) is 110 cm³/mol. The molecule has 0 aliphatic heterocycles. The first kappa shape index (κ1) is 21.1. The van der Waals surface area contributed by atoms with Gasteiger partial charge >= 0.3 is 0 Å². The number of nitrogens with zero attached hydrogens (tertiary/aromatic N) is 1. The molecule has 0 atom stereocenters. The molecule has 0 spiro atoms. The molecule has 0 heterocycles. The molecule has 146 valence electrons. The zero-order valence-electron chi connectivity index (χ0n) is 16.2. The van der Waals surface area contributed by atoms with Crippen LogP contribution in [0.1, 0.15) is 30.5 Å². The zero-order chi connectivity index (χ0) is 19.9. The molecule has 0 bridgehead atoms. The smallest absolute Gasteiger partial charge is 0.239 e. The summed E-state index contributed by atoms with van der Waals surface area (Å²) in [5.41, 5.74) is 3.95. The summed E-state index contributed by atoms with van der Waals surface area (Å²) in [6.45, 7) is 4.15. The maximum atomic E-state index is 12.6. The van der Waals surface area contributed by atoms with E-state index in [2.05, 4.69) is 5.32 Å². The summed E-state index contributed by atoms with van der Waals surface area (Å²) < 4.78 is 25.5. The summed E-state index contributed by atoms with van der Waals surface area (Å²) >= 11 is 0. The number of rotatable bonds is 9. The molecule has 2 rings (SSSR count). The molecule has 0 radical (unpaired) electrons. The highest BCUT2D eigenvalue weighted by Gasteiger charge is 2.21. The standard InChI is InChI=1S/C21H28N2O3S/c1-4-18-12-9-13-19(5-2)21(18)22-20(24)16-23(27(3,25)26)15-14-17-10-7-6-8-11-17/h6-13H,4-5,14-16H2,1-3H3,(H,22,24). The minimum absolute atomic E-state index is 0.188. The molecule has 0 aromatic heterocycles. The van der Waals surface area contributed by atoms with Crippen molar-refractivity contribution in [2.45, 2.75) is 33.1 Å². The predicted octanol–water partition coefficient (Wildman–Crippen LogP) is 3.25. The molecule has 2 aromatic carbocycles. The summed E-state index contributed by atoms with van der Waals surface area (Å²) in [4.78, 5) is 12.6. The lowest BCUT2D eigenvalue weighted by atomic mass is 10.0. The first-order valence-corrected chi connectivity index (χ1v) is 11.1. The van der Waals surface area contributed by atoms with Crippen molar-refractivity contribution in [2.75, 3.05) is 24.7 Å². The Morgan fingerprint density at radius 3 is 2.07 bits per heavy atom. The number of anilines is 1. The average molecular weight is 389 g/mol. The van der Waals surface area contributed by atoms with Crippen LogP contribution in [-0.4, -0.2) is 38.0 Å². The Morgan fingerprint density at radius 1 is 0.963 bits per heavy atom. The quantitative estimate of drug-likeness (QED) is 0.717. The maximum absolute atomic E-state index is 12.6. The molecule has 2 aromatic rings. The third-order valence-electron chi connectivity index (χ3n) is 4.54. The van der Waals surface area contributed by atoms with E-state index < -0.39 is 10.0 Å². The second-order valence-electron chi connectivity index (χ2n) is 6.54. The summed E-state index contributed by atoms with van der Waals surface area (Å²) in [7, 11) is -3.48. The number of sulfonamides is 1. The van der Waals surface area contributed by atoms with E-state index in [9.17, 15) is 13.2 Å². The lowest BCUT2D eigenvalue weighted by molar-refractivity contribution is -0.116. The van der Waals surface area contributed by atoms with Gasteiger partial charge in [-0.15, -0.1) is 0 Å². The molecule has 0 saturated heterocycles. The Labute approximate surface area is 162 Å². The lowest BCUT2D eigenvalue weighted by Crippen LogP contribution is -2.38. The SMILES string of the molecule is CCc1cccc(CC)c1NC(=O)CN(CCc1ccccc1)S(C)(=O)=O. The average Bonchev–Trinajstić information content (AvgIpc) is 2.65. The summed E-state index contributed by atoms with van der Waals surface area (Å²) in [6, 6.07) is 15.6. The van der Waals surface area contributed by atoms with Crippen LogP contribution in [0.25, 0.3) is 0 Å². The van der Waals surface area contributed by atoms with Crippen molar-refractivity contribution >= 4 is 21.6 Å². The van der Waals surface area contributed by atoms with Crippen LogP contribution in [-0.2, 0) is 34.1 Å². The van der Waals surface area contributed by atoms with Crippen LogP contribution >= 0.6 is 0 Å². The van der Waals surface area contributed by atoms with Crippen molar-refractivity contribution in [2.24, 2.45) is 0 Å². The highest BCUT2D eigenvalue weighted by atomic mass is 32.2. The van der Waals surface area contributed by atoms with Gasteiger partial charge in [0, 0.05) is 12.2 Å². The van der Waals surface area contributed by atoms with Crippen molar-refractivity contribution in [1.82, 2.24) is 4.31 Å². The van der Waals surface area contributed by atoms with Crippen LogP contribution in [0.15, 0.2) is 48.5 Å². The first-order chi connectivity index (χ1) is 12.8. The Balaban J connectivity index is 2.10. The number of hydrogen-bond acceptors (Lipinski definition) is 3. The van der Waals surface area contributed by atoms with Gasteiger partial charge < -0.3 is 5.32 Å². The minimum atomic E-state index is -3.48. The summed E-state index contributed by atoms with van der Waals surface area (Å²) in [6.07, 6.45) is 3.30. The minimum Gasteiger partial charge on any atom is -0.324 e. The van der Waals surface area contributed by atoms with Crippen LogP contribution in [0.3, 0.4) is 0 Å². The van der Waals surface area contributed by atoms with Gasteiger partial charge in [0.25, 0.3) is 0 Å². The van der Waals surface area contributed by atoms with Gasteiger partial charge in [0.15, 0.2) is 0 Å². The number of para-hydroxylation sites is 1. The Bertz CT molecular complexity index is 842. The van der Waals surface area contributed by atoms with E-state index in [-0.39, 0.29) is 19.0 Å². The van der Waals surface area contributed by atoms with Crippen LogP contribution in [0.5, 0.6) is 0 Å². The molecule has 1 amide bonds. The fourth-order valence-corrected chi connectivity index (χ4v) is 3.78. The molecule has 0 aliphatic rings. The second-order valence-corrected chi connectivity index (χ2v) is 8.52. The largest absolute Gasteiger partial charge is 0.324 e. The molecular formula is C21H28N2O3S. The second kappa shape index (κ2) is 9.67. The van der Waals surface area contributed by atoms with Crippen molar-refractivity contribution < 1.29 is 13.2 Å². The summed E-state index contributed by atoms with van der Waals surface area (Å²) in [5, 5.41) is 2.94. The molecule has 0 fully saturated rings. The van der Waals surface area contributed by atoms with Crippen LogP contribution in [0, 0.1) is 0 Å². The number of hydrogen-bond donors (Lipinski definition) is 1. The van der Waals surface area contributed by atoms with Gasteiger partial charge in [0.1, 0.15) is 0 Å².